The first kappa shape index (κ1) is 20.9. The van der Waals surface area contributed by atoms with Crippen LogP contribution in [0.3, 0.4) is 0 Å². The summed E-state index contributed by atoms with van der Waals surface area (Å²) in [6, 6.07) is 12.0. The predicted octanol–water partition coefficient (Wildman–Crippen LogP) is 3.58. The van der Waals surface area contributed by atoms with Gasteiger partial charge in [0.05, 0.1) is 17.7 Å². The zero-order valence-corrected chi connectivity index (χ0v) is 17.0. The van der Waals surface area contributed by atoms with E-state index in [1.54, 1.807) is 6.07 Å². The largest absolute Gasteiger partial charge is 0.389 e. The third kappa shape index (κ3) is 4.24. The molecule has 1 N–H and O–H groups in total. The summed E-state index contributed by atoms with van der Waals surface area (Å²) in [6.07, 6.45) is -1.75. The number of hydrogen-bond acceptors (Lipinski definition) is 8. The summed E-state index contributed by atoms with van der Waals surface area (Å²) in [6.45, 7) is 0.185. The number of pyridine rings is 1. The van der Waals surface area contributed by atoms with Crippen molar-refractivity contribution in [3.63, 3.8) is 0 Å². The second-order valence-electron chi connectivity index (χ2n) is 6.64. The highest BCUT2D eigenvalue weighted by Gasteiger charge is 2.49. The molecule has 0 bridgehead atoms. The van der Waals surface area contributed by atoms with E-state index in [0.717, 1.165) is 17.3 Å². The van der Waals surface area contributed by atoms with Gasteiger partial charge in [0.15, 0.2) is 12.0 Å². The van der Waals surface area contributed by atoms with E-state index in [-0.39, 0.29) is 12.3 Å². The molecule has 1 aromatic carbocycles. The van der Waals surface area contributed by atoms with E-state index in [4.69, 9.17) is 31.3 Å². The van der Waals surface area contributed by atoms with Crippen LogP contribution in [0.25, 0.3) is 10.4 Å². The molecule has 0 saturated carbocycles. The molecule has 2 aliphatic heterocycles. The lowest BCUT2D eigenvalue weighted by Gasteiger charge is -2.46. The number of halogens is 1. The number of ether oxygens (including phenoxy) is 3. The van der Waals surface area contributed by atoms with Crippen LogP contribution in [0.1, 0.15) is 17.5 Å². The number of hydrogen-bond donors (Lipinski definition) is 1. The van der Waals surface area contributed by atoms with Crippen molar-refractivity contribution in [1.29, 1.82) is 5.26 Å². The Hall–Kier alpha value is -2.35. The minimum absolute atomic E-state index is 0.156. The van der Waals surface area contributed by atoms with Crippen molar-refractivity contribution >= 4 is 23.4 Å². The molecule has 0 amide bonds. The van der Waals surface area contributed by atoms with Crippen LogP contribution in [-0.4, -0.2) is 46.5 Å². The highest BCUT2D eigenvalue weighted by molar-refractivity contribution is 7.99. The molecule has 4 rings (SSSR count). The van der Waals surface area contributed by atoms with Crippen LogP contribution in [0.5, 0.6) is 0 Å². The standard InChI is InChI=1S/C19H16ClN5O4S/c20-11-6-14(12(7-21)23-8-11)30-19-16(26)15(24-25-22)17-13(28-19)9-27-18(29-17)10-4-2-1-3-5-10/h1-6,8,13,15-19,26H,9H2/t13-,15-,16-,17+,18?,19-/m1/s1. The summed E-state index contributed by atoms with van der Waals surface area (Å²) in [5.74, 6) is 0. The van der Waals surface area contributed by atoms with E-state index in [1.807, 2.05) is 36.4 Å². The molecule has 30 heavy (non-hydrogen) atoms. The second-order valence-corrected chi connectivity index (χ2v) is 8.21. The number of nitriles is 1. The SMILES string of the molecule is N#Cc1ncc(Cl)cc1S[C@H]1O[C@@H]2COC(c3ccccc3)O[C@@H]2[C@H](N=[N+]=[N-])[C@H]1O. The average Bonchev–Trinajstić information content (AvgIpc) is 2.77. The number of aliphatic hydroxyl groups is 1. The van der Waals surface area contributed by atoms with Crippen molar-refractivity contribution in [2.75, 3.05) is 6.61 Å². The number of rotatable bonds is 4. The molecule has 2 aromatic rings. The van der Waals surface area contributed by atoms with Crippen LogP contribution in [-0.2, 0) is 14.2 Å². The van der Waals surface area contributed by atoms with Gasteiger partial charge in [-0.15, -0.1) is 0 Å². The average molecular weight is 446 g/mol. The van der Waals surface area contributed by atoms with Gasteiger partial charge in [-0.2, -0.15) is 5.26 Å². The molecular formula is C19H16ClN5O4S. The topological polar surface area (TPSA) is 133 Å². The van der Waals surface area contributed by atoms with Crippen molar-refractivity contribution in [3.05, 3.63) is 69.3 Å². The molecule has 0 aliphatic carbocycles. The normalized spacial score (nSPS) is 30.6. The van der Waals surface area contributed by atoms with E-state index in [2.05, 4.69) is 15.0 Å². The minimum Gasteiger partial charge on any atom is -0.389 e. The van der Waals surface area contributed by atoms with Gasteiger partial charge in [0.25, 0.3) is 0 Å². The fourth-order valence-electron chi connectivity index (χ4n) is 3.37. The molecule has 2 aliphatic rings. The van der Waals surface area contributed by atoms with E-state index in [0.29, 0.717) is 9.92 Å². The first-order valence-electron chi connectivity index (χ1n) is 9.02. The molecule has 9 nitrogen and oxygen atoms in total. The van der Waals surface area contributed by atoms with E-state index >= 15 is 0 Å². The van der Waals surface area contributed by atoms with Crippen molar-refractivity contribution in [2.24, 2.45) is 5.11 Å². The van der Waals surface area contributed by atoms with Crippen LogP contribution in [0, 0.1) is 11.3 Å². The molecule has 0 spiro atoms. The minimum atomic E-state index is -1.19. The van der Waals surface area contributed by atoms with Crippen LogP contribution < -0.4 is 0 Å². The van der Waals surface area contributed by atoms with Crippen LogP contribution in [0.2, 0.25) is 5.02 Å². The Bertz CT molecular complexity index is 1000. The molecular weight excluding hydrogens is 430 g/mol. The zero-order valence-electron chi connectivity index (χ0n) is 15.4. The smallest absolute Gasteiger partial charge is 0.184 e. The molecule has 3 heterocycles. The van der Waals surface area contributed by atoms with Crippen molar-refractivity contribution in [1.82, 2.24) is 4.98 Å². The molecule has 1 unspecified atom stereocenters. The molecule has 2 fully saturated rings. The van der Waals surface area contributed by atoms with Gasteiger partial charge < -0.3 is 19.3 Å². The maximum atomic E-state index is 10.9. The summed E-state index contributed by atoms with van der Waals surface area (Å²) >= 11 is 7.08. The van der Waals surface area contributed by atoms with Gasteiger partial charge in [-0.1, -0.05) is 58.8 Å². The van der Waals surface area contributed by atoms with Gasteiger partial charge in [0, 0.05) is 21.6 Å². The number of aromatic nitrogens is 1. The molecule has 6 atom stereocenters. The predicted molar refractivity (Wildman–Crippen MR) is 107 cm³/mol. The number of fused-ring (bicyclic) bond motifs is 1. The summed E-state index contributed by atoms with van der Waals surface area (Å²) in [5.41, 5.74) is 9.17. The molecule has 11 heteroatoms. The van der Waals surface area contributed by atoms with Gasteiger partial charge in [0.1, 0.15) is 29.8 Å². The highest BCUT2D eigenvalue weighted by Crippen LogP contribution is 2.40. The van der Waals surface area contributed by atoms with E-state index in [1.165, 1.54) is 6.20 Å². The van der Waals surface area contributed by atoms with Gasteiger partial charge in [0.2, 0.25) is 0 Å². The lowest BCUT2D eigenvalue weighted by atomic mass is 9.97. The van der Waals surface area contributed by atoms with Crippen molar-refractivity contribution in [2.45, 2.75) is 41.0 Å². The summed E-state index contributed by atoms with van der Waals surface area (Å²) in [7, 11) is 0. The number of thioether (sulfide) groups is 1. The van der Waals surface area contributed by atoms with Gasteiger partial charge >= 0.3 is 0 Å². The lowest BCUT2D eigenvalue weighted by molar-refractivity contribution is -0.297. The third-order valence-electron chi connectivity index (χ3n) is 4.76. The summed E-state index contributed by atoms with van der Waals surface area (Å²) in [5, 5.41) is 24.3. The maximum absolute atomic E-state index is 10.9. The van der Waals surface area contributed by atoms with Crippen LogP contribution in [0.4, 0.5) is 0 Å². The van der Waals surface area contributed by atoms with Gasteiger partial charge in [-0.25, -0.2) is 4.98 Å². The fourth-order valence-corrected chi connectivity index (χ4v) is 4.74. The van der Waals surface area contributed by atoms with Gasteiger partial charge in [-0.3, -0.25) is 0 Å². The molecule has 154 valence electrons. The number of nitrogens with zero attached hydrogens (tertiary/aromatic N) is 5. The fraction of sp³-hybridized carbons (Fsp3) is 0.368. The first-order valence-corrected chi connectivity index (χ1v) is 10.3. The monoisotopic (exact) mass is 445 g/mol. The Balaban J connectivity index is 1.57. The van der Waals surface area contributed by atoms with E-state index < -0.39 is 36.1 Å². The van der Waals surface area contributed by atoms with Gasteiger partial charge in [-0.05, 0) is 11.6 Å². The van der Waals surface area contributed by atoms with Crippen molar-refractivity contribution < 1.29 is 19.3 Å². The van der Waals surface area contributed by atoms with Crippen LogP contribution in [0.15, 0.2) is 52.6 Å². The molecule has 1 aromatic heterocycles. The van der Waals surface area contributed by atoms with Crippen molar-refractivity contribution in [3.8, 4) is 6.07 Å². The van der Waals surface area contributed by atoms with E-state index in [9.17, 15) is 10.4 Å². The molecule has 0 radical (unpaired) electrons. The summed E-state index contributed by atoms with van der Waals surface area (Å²) in [4.78, 5) is 7.32. The second kappa shape index (κ2) is 9.20. The number of aliphatic hydroxyl groups excluding tert-OH is 1. The quantitative estimate of drug-likeness (QED) is 0.431. The Kier molecular flexibility index (Phi) is 6.41. The maximum Gasteiger partial charge on any atom is 0.184 e. The number of benzene rings is 1. The third-order valence-corrected chi connectivity index (χ3v) is 6.15. The zero-order chi connectivity index (χ0) is 21.1. The summed E-state index contributed by atoms with van der Waals surface area (Å²) < 4.78 is 17.8. The Morgan fingerprint density at radius 3 is 2.87 bits per heavy atom. The highest BCUT2D eigenvalue weighted by atomic mass is 35.5. The Morgan fingerprint density at radius 1 is 1.33 bits per heavy atom. The first-order chi connectivity index (χ1) is 14.6. The molecule has 2 saturated heterocycles. The Morgan fingerprint density at radius 2 is 2.13 bits per heavy atom. The lowest BCUT2D eigenvalue weighted by Crippen LogP contribution is -2.60. The van der Waals surface area contributed by atoms with Crippen LogP contribution >= 0.6 is 23.4 Å². The number of azide groups is 1. The Labute approximate surface area is 181 Å².